The fraction of sp³-hybridized carbons (Fsp3) is 0.0769. The highest BCUT2D eigenvalue weighted by Gasteiger charge is 2.52. The van der Waals surface area contributed by atoms with E-state index in [2.05, 4.69) is 46.6 Å². The van der Waals surface area contributed by atoms with Crippen molar-refractivity contribution < 1.29 is 26.4 Å². The molecule has 1 aliphatic rings. The maximum Gasteiger partial charge on any atom is 0.264 e. The zero-order chi connectivity index (χ0) is 29.9. The van der Waals surface area contributed by atoms with Crippen LogP contribution in [0.5, 0.6) is 0 Å². The highest BCUT2D eigenvalue weighted by molar-refractivity contribution is 7.93. The summed E-state index contributed by atoms with van der Waals surface area (Å²) in [6, 6.07) is 14.0. The van der Waals surface area contributed by atoms with Gasteiger partial charge in [-0.3, -0.25) is 9.59 Å². The molecule has 0 spiro atoms. The van der Waals surface area contributed by atoms with Crippen molar-refractivity contribution in [1.29, 1.82) is 0 Å². The van der Waals surface area contributed by atoms with E-state index in [-0.39, 0.29) is 21.7 Å². The van der Waals surface area contributed by atoms with Crippen LogP contribution in [0.1, 0.15) is 0 Å². The molecule has 1 fully saturated rings. The van der Waals surface area contributed by atoms with Crippen LogP contribution in [0, 0.1) is 11.8 Å². The Kier molecular flexibility index (Phi) is 7.64. The van der Waals surface area contributed by atoms with Crippen LogP contribution < -0.4 is 20.1 Å². The first-order valence-corrected chi connectivity index (χ1v) is 15.1. The van der Waals surface area contributed by atoms with Crippen molar-refractivity contribution in [3.63, 3.8) is 0 Å². The molecule has 0 unspecified atom stereocenters. The molecule has 2 heterocycles. The number of rotatable bonds is 10. The predicted octanol–water partition coefficient (Wildman–Crippen LogP) is 2.25. The van der Waals surface area contributed by atoms with Crippen LogP contribution in [0.2, 0.25) is 0 Å². The molecule has 214 valence electrons. The number of nitrogens with one attached hydrogen (secondary N) is 4. The molecule has 14 nitrogen and oxygen atoms in total. The van der Waals surface area contributed by atoms with E-state index >= 15 is 0 Å². The van der Waals surface area contributed by atoms with Crippen LogP contribution in [0.4, 0.5) is 23.3 Å². The fourth-order valence-corrected chi connectivity index (χ4v) is 5.81. The Balaban J connectivity index is 1.16. The summed E-state index contributed by atoms with van der Waals surface area (Å²) >= 11 is 0. The predicted molar refractivity (Wildman–Crippen MR) is 152 cm³/mol. The van der Waals surface area contributed by atoms with Gasteiger partial charge in [-0.25, -0.2) is 46.2 Å². The number of aromatic nitrogens is 4. The molecule has 0 radical (unpaired) electrons. The summed E-state index contributed by atoms with van der Waals surface area (Å²) < 4.78 is 54.6. The summed E-state index contributed by atoms with van der Waals surface area (Å²) in [7, 11) is -7.89. The quantitative estimate of drug-likeness (QED) is 0.194. The summed E-state index contributed by atoms with van der Waals surface area (Å²) in [6.45, 7) is 3.81. The first-order valence-electron chi connectivity index (χ1n) is 12.1. The molecule has 0 saturated heterocycles. The number of hydrogen-bond donors (Lipinski definition) is 4. The maximum atomic E-state index is 12.8. The van der Waals surface area contributed by atoms with Crippen molar-refractivity contribution in [3.8, 4) is 0 Å². The molecule has 1 saturated carbocycles. The molecule has 0 bridgehead atoms. The number of hydrogen-bond acceptors (Lipinski definition) is 10. The summed E-state index contributed by atoms with van der Waals surface area (Å²) in [6.07, 6.45) is 5.58. The van der Waals surface area contributed by atoms with Gasteiger partial charge in [0.05, 0.1) is 21.6 Å². The second-order valence-corrected chi connectivity index (χ2v) is 12.3. The molecule has 2 aromatic carbocycles. The lowest BCUT2D eigenvalue weighted by Crippen LogP contribution is -2.21. The van der Waals surface area contributed by atoms with Crippen LogP contribution in [0.25, 0.3) is 0 Å². The molecule has 4 N–H and O–H groups in total. The van der Waals surface area contributed by atoms with Gasteiger partial charge in [-0.05, 0) is 60.7 Å². The summed E-state index contributed by atoms with van der Waals surface area (Å²) in [4.78, 5) is 40.8. The van der Waals surface area contributed by atoms with Gasteiger partial charge in [0.1, 0.15) is 0 Å². The number of nitrogens with zero attached hydrogens (tertiary/aromatic N) is 4. The van der Waals surface area contributed by atoms with Crippen molar-refractivity contribution in [2.24, 2.45) is 11.8 Å². The number of sulfonamides is 2. The zero-order valence-corrected chi connectivity index (χ0v) is 23.1. The van der Waals surface area contributed by atoms with Gasteiger partial charge in [-0.15, -0.1) is 0 Å². The third-order valence-corrected chi connectivity index (χ3v) is 8.72. The SMILES string of the molecule is C=C1[C@@H](C(=O)Nc2ccc(S(=O)(=O)Nc3ncccn3)cc2)[C@@H]1C(=O)Nc1ccc(S(=O)(=O)Nc2ncccn2)cc1. The zero-order valence-electron chi connectivity index (χ0n) is 21.5. The van der Waals surface area contributed by atoms with E-state index in [1.807, 2.05) is 0 Å². The molecule has 1 aliphatic carbocycles. The molecule has 2 aromatic heterocycles. The Labute approximate surface area is 240 Å². The van der Waals surface area contributed by atoms with Crippen LogP contribution in [0.15, 0.2) is 107 Å². The van der Waals surface area contributed by atoms with E-state index in [0.717, 1.165) is 0 Å². The van der Waals surface area contributed by atoms with Crippen LogP contribution in [-0.2, 0) is 29.6 Å². The molecule has 42 heavy (non-hydrogen) atoms. The third-order valence-electron chi connectivity index (χ3n) is 6.04. The fourth-order valence-electron chi connectivity index (χ4n) is 3.89. The summed E-state index contributed by atoms with van der Waals surface area (Å²) in [5.41, 5.74) is 1.04. The van der Waals surface area contributed by atoms with Crippen LogP contribution in [0.3, 0.4) is 0 Å². The Morgan fingerprint density at radius 2 is 0.929 bits per heavy atom. The molecular formula is C26H22N8O6S2. The number of carbonyl (C=O) groups excluding carboxylic acids is 2. The van der Waals surface area contributed by atoms with Crippen LogP contribution >= 0.6 is 0 Å². The average molecular weight is 607 g/mol. The minimum atomic E-state index is -3.94. The number of carbonyl (C=O) groups is 2. The summed E-state index contributed by atoms with van der Waals surface area (Å²) in [5, 5.41) is 5.30. The highest BCUT2D eigenvalue weighted by Crippen LogP contribution is 2.45. The highest BCUT2D eigenvalue weighted by atomic mass is 32.2. The lowest BCUT2D eigenvalue weighted by Gasteiger charge is -2.09. The second kappa shape index (κ2) is 11.3. The number of anilines is 4. The first-order chi connectivity index (χ1) is 20.0. The van der Waals surface area contributed by atoms with Gasteiger partial charge in [0.2, 0.25) is 23.7 Å². The second-order valence-electron chi connectivity index (χ2n) is 8.91. The molecule has 2 amide bonds. The number of amides is 2. The van der Waals surface area contributed by atoms with Crippen molar-refractivity contribution >= 4 is 55.1 Å². The Hall–Kier alpha value is -5.22. The Morgan fingerprint density at radius 3 is 1.26 bits per heavy atom. The maximum absolute atomic E-state index is 12.8. The average Bonchev–Trinajstić information content (AvgIpc) is 3.65. The van der Waals surface area contributed by atoms with Gasteiger partial charge in [-0.1, -0.05) is 12.2 Å². The van der Waals surface area contributed by atoms with E-state index in [0.29, 0.717) is 16.9 Å². The standard InChI is InChI=1S/C26H22N8O6S2/c1-16-21(23(35)31-17-4-8-19(9-5-17)41(37,38)33-25-27-12-2-13-28-25)22(16)24(36)32-18-6-10-20(11-7-18)42(39,40)34-26-29-14-3-15-30-26/h2-15,21-22H,1H2,(H,31,35)(H,32,36)(H,27,28,33)(H,29,30,34)/t21-,22-/m1/s1. The molecule has 5 rings (SSSR count). The van der Waals surface area contributed by atoms with Crippen molar-refractivity contribution in [1.82, 2.24) is 19.9 Å². The summed E-state index contributed by atoms with van der Waals surface area (Å²) in [5.74, 6) is -2.71. The Morgan fingerprint density at radius 1 is 0.595 bits per heavy atom. The Bertz CT molecular complexity index is 1720. The normalized spacial score (nSPS) is 16.2. The first kappa shape index (κ1) is 28.3. The van der Waals surface area contributed by atoms with Gasteiger partial charge in [0, 0.05) is 36.2 Å². The number of benzene rings is 2. The van der Waals surface area contributed by atoms with Gasteiger partial charge in [0.15, 0.2) is 0 Å². The van der Waals surface area contributed by atoms with Gasteiger partial charge in [-0.2, -0.15) is 0 Å². The van der Waals surface area contributed by atoms with Crippen molar-refractivity contribution in [3.05, 3.63) is 97.6 Å². The smallest absolute Gasteiger partial charge is 0.264 e. The monoisotopic (exact) mass is 606 g/mol. The van der Waals surface area contributed by atoms with Crippen molar-refractivity contribution in [2.75, 3.05) is 20.1 Å². The lowest BCUT2D eigenvalue weighted by molar-refractivity contribution is -0.122. The van der Waals surface area contributed by atoms with Gasteiger partial charge in [0.25, 0.3) is 20.0 Å². The molecule has 4 aromatic rings. The molecule has 0 aliphatic heterocycles. The van der Waals surface area contributed by atoms with E-state index in [1.165, 1.54) is 73.3 Å². The minimum Gasteiger partial charge on any atom is -0.326 e. The van der Waals surface area contributed by atoms with Gasteiger partial charge >= 0.3 is 0 Å². The minimum absolute atomic E-state index is 0.0657. The largest absolute Gasteiger partial charge is 0.326 e. The van der Waals surface area contributed by atoms with E-state index < -0.39 is 43.7 Å². The molecule has 16 heteroatoms. The topological polar surface area (TPSA) is 202 Å². The molecule has 2 atom stereocenters. The lowest BCUT2D eigenvalue weighted by atomic mass is 10.2. The van der Waals surface area contributed by atoms with E-state index in [4.69, 9.17) is 0 Å². The van der Waals surface area contributed by atoms with Gasteiger partial charge < -0.3 is 10.6 Å². The molecular weight excluding hydrogens is 584 g/mol. The van der Waals surface area contributed by atoms with E-state index in [1.54, 1.807) is 12.1 Å². The third kappa shape index (κ3) is 6.39. The van der Waals surface area contributed by atoms with Crippen LogP contribution in [-0.4, -0.2) is 48.6 Å². The van der Waals surface area contributed by atoms with E-state index in [9.17, 15) is 26.4 Å². The van der Waals surface area contributed by atoms with Crippen molar-refractivity contribution in [2.45, 2.75) is 9.79 Å².